The Balaban J connectivity index is 2.50. The first-order chi connectivity index (χ1) is 10.7. The van der Waals surface area contributed by atoms with Crippen molar-refractivity contribution in [3.63, 3.8) is 0 Å². The lowest BCUT2D eigenvalue weighted by Gasteiger charge is -2.19. The molecule has 0 aromatic carbocycles. The summed E-state index contributed by atoms with van der Waals surface area (Å²) in [4.78, 5) is 12.4. The summed E-state index contributed by atoms with van der Waals surface area (Å²) in [6.07, 6.45) is 14.3. The lowest BCUT2D eigenvalue weighted by atomic mass is 9.86. The van der Waals surface area contributed by atoms with Crippen molar-refractivity contribution >= 4 is 5.78 Å². The minimum Gasteiger partial charge on any atom is -0.394 e. The van der Waals surface area contributed by atoms with Crippen LogP contribution in [0.5, 0.6) is 0 Å². The fourth-order valence-corrected chi connectivity index (χ4v) is 2.95. The van der Waals surface area contributed by atoms with Gasteiger partial charge < -0.3 is 10.2 Å². The number of rotatable bonds is 11. The molecule has 126 valence electrons. The van der Waals surface area contributed by atoms with Crippen molar-refractivity contribution in [2.45, 2.75) is 83.7 Å². The van der Waals surface area contributed by atoms with Crippen LogP contribution in [-0.4, -0.2) is 28.7 Å². The minimum absolute atomic E-state index is 0.156. The third kappa shape index (κ3) is 7.37. The number of aliphatic hydroxyl groups is 2. The molecule has 1 rings (SSSR count). The van der Waals surface area contributed by atoms with Gasteiger partial charge in [0.15, 0.2) is 5.78 Å². The molecule has 1 aliphatic carbocycles. The first-order valence-electron chi connectivity index (χ1n) is 8.89. The van der Waals surface area contributed by atoms with E-state index in [-0.39, 0.29) is 12.4 Å². The molecular formula is C19H32O3. The van der Waals surface area contributed by atoms with Crippen LogP contribution in [-0.2, 0) is 4.79 Å². The molecule has 2 N–H and O–H groups in total. The zero-order valence-electron chi connectivity index (χ0n) is 14.0. The fraction of sp³-hybridized carbons (Fsp3) is 0.737. The largest absolute Gasteiger partial charge is 0.394 e. The lowest BCUT2D eigenvalue weighted by molar-refractivity contribution is -0.111. The van der Waals surface area contributed by atoms with E-state index in [1.807, 2.05) is 6.08 Å². The molecule has 0 bridgehead atoms. The summed E-state index contributed by atoms with van der Waals surface area (Å²) in [5.74, 6) is 0.156. The van der Waals surface area contributed by atoms with Gasteiger partial charge in [-0.2, -0.15) is 0 Å². The summed E-state index contributed by atoms with van der Waals surface area (Å²) in [5.41, 5.74) is 2.15. The van der Waals surface area contributed by atoms with Gasteiger partial charge in [0.25, 0.3) is 0 Å². The summed E-state index contributed by atoms with van der Waals surface area (Å²) in [7, 11) is 0. The highest BCUT2D eigenvalue weighted by atomic mass is 16.3. The minimum atomic E-state index is -0.667. The maximum Gasteiger partial charge on any atom is 0.181 e. The van der Waals surface area contributed by atoms with Crippen LogP contribution >= 0.6 is 0 Å². The molecule has 0 spiro atoms. The third-order valence-corrected chi connectivity index (χ3v) is 4.36. The Labute approximate surface area is 135 Å². The molecule has 0 aromatic rings. The second-order valence-corrected chi connectivity index (χ2v) is 6.28. The van der Waals surface area contributed by atoms with Crippen LogP contribution < -0.4 is 0 Å². The van der Waals surface area contributed by atoms with E-state index in [9.17, 15) is 9.90 Å². The van der Waals surface area contributed by atoms with Crippen LogP contribution in [0, 0.1) is 0 Å². The standard InChI is InChI=1S/C19H32O3/c1-2-3-4-5-6-7-12-19(22)18-11-9-8-10-16(18)13-14-17(21)15-20/h7,12,17,20-21H,2-6,8-11,13-15H2,1H3/b12-7+/t17-/m0/s1. The Kier molecular flexibility index (Phi) is 10.1. The van der Waals surface area contributed by atoms with Gasteiger partial charge in [-0.3, -0.25) is 4.79 Å². The summed E-state index contributed by atoms with van der Waals surface area (Å²) >= 11 is 0. The summed E-state index contributed by atoms with van der Waals surface area (Å²) in [6.45, 7) is 2.00. The molecule has 0 saturated heterocycles. The number of ketones is 1. The molecule has 0 amide bonds. The first kappa shape index (κ1) is 19.1. The highest BCUT2D eigenvalue weighted by Gasteiger charge is 2.18. The fourth-order valence-electron chi connectivity index (χ4n) is 2.95. The van der Waals surface area contributed by atoms with E-state index >= 15 is 0 Å². The Hall–Kier alpha value is -0.930. The molecule has 1 aliphatic rings. The predicted molar refractivity (Wildman–Crippen MR) is 90.7 cm³/mol. The summed E-state index contributed by atoms with van der Waals surface area (Å²) < 4.78 is 0. The SMILES string of the molecule is CCCCCC/C=C/C(=O)C1=C(CC[C@H](O)CO)CCCC1. The van der Waals surface area contributed by atoms with E-state index in [1.165, 1.54) is 24.8 Å². The Morgan fingerprint density at radius 3 is 2.73 bits per heavy atom. The number of hydrogen-bond acceptors (Lipinski definition) is 3. The molecule has 0 aliphatic heterocycles. The van der Waals surface area contributed by atoms with Crippen molar-refractivity contribution in [2.75, 3.05) is 6.61 Å². The number of carbonyl (C=O) groups excluding carboxylic acids is 1. The lowest BCUT2D eigenvalue weighted by Crippen LogP contribution is -2.14. The second kappa shape index (κ2) is 11.6. The van der Waals surface area contributed by atoms with Crippen molar-refractivity contribution < 1.29 is 15.0 Å². The molecule has 0 aromatic heterocycles. The Bertz CT molecular complexity index is 382. The second-order valence-electron chi connectivity index (χ2n) is 6.28. The van der Waals surface area contributed by atoms with Gasteiger partial charge in [0.1, 0.15) is 0 Å². The van der Waals surface area contributed by atoms with E-state index in [0.717, 1.165) is 50.5 Å². The van der Waals surface area contributed by atoms with Crippen LogP contribution in [0.4, 0.5) is 0 Å². The summed E-state index contributed by atoms with van der Waals surface area (Å²) in [6, 6.07) is 0. The zero-order valence-corrected chi connectivity index (χ0v) is 14.0. The van der Waals surface area contributed by atoms with Gasteiger partial charge in [0.05, 0.1) is 12.7 Å². The predicted octanol–water partition coefficient (Wildman–Crippen LogP) is 4.09. The molecule has 3 heteroatoms. The average molecular weight is 308 g/mol. The van der Waals surface area contributed by atoms with Gasteiger partial charge in [-0.15, -0.1) is 0 Å². The zero-order chi connectivity index (χ0) is 16.2. The van der Waals surface area contributed by atoms with Crippen molar-refractivity contribution in [1.82, 2.24) is 0 Å². The van der Waals surface area contributed by atoms with Crippen molar-refractivity contribution in [3.8, 4) is 0 Å². The molecule has 0 radical (unpaired) electrons. The first-order valence-corrected chi connectivity index (χ1v) is 8.89. The van der Waals surface area contributed by atoms with E-state index in [1.54, 1.807) is 6.08 Å². The molecule has 0 fully saturated rings. The Morgan fingerprint density at radius 1 is 1.23 bits per heavy atom. The van der Waals surface area contributed by atoms with Crippen molar-refractivity contribution in [2.24, 2.45) is 0 Å². The highest BCUT2D eigenvalue weighted by molar-refractivity contribution is 6.04. The number of carbonyl (C=O) groups is 1. The summed E-state index contributed by atoms with van der Waals surface area (Å²) in [5, 5.41) is 18.4. The van der Waals surface area contributed by atoms with E-state index < -0.39 is 6.10 Å². The highest BCUT2D eigenvalue weighted by Crippen LogP contribution is 2.29. The number of allylic oxidation sites excluding steroid dienone is 4. The monoisotopic (exact) mass is 308 g/mol. The number of aliphatic hydroxyl groups excluding tert-OH is 2. The molecule has 0 unspecified atom stereocenters. The van der Waals surface area contributed by atoms with Gasteiger partial charge in [0, 0.05) is 0 Å². The Morgan fingerprint density at radius 2 is 2.00 bits per heavy atom. The molecule has 1 atom stereocenters. The van der Waals surface area contributed by atoms with E-state index in [2.05, 4.69) is 6.92 Å². The maximum atomic E-state index is 12.4. The van der Waals surface area contributed by atoms with Crippen LogP contribution in [0.2, 0.25) is 0 Å². The van der Waals surface area contributed by atoms with E-state index in [4.69, 9.17) is 5.11 Å². The third-order valence-electron chi connectivity index (χ3n) is 4.36. The van der Waals surface area contributed by atoms with Gasteiger partial charge in [0.2, 0.25) is 0 Å². The quantitative estimate of drug-likeness (QED) is 0.446. The van der Waals surface area contributed by atoms with Crippen molar-refractivity contribution in [3.05, 3.63) is 23.3 Å². The van der Waals surface area contributed by atoms with Gasteiger partial charge in [-0.05, 0) is 63.0 Å². The van der Waals surface area contributed by atoms with Gasteiger partial charge in [-0.1, -0.05) is 37.8 Å². The number of hydrogen-bond donors (Lipinski definition) is 2. The molecular weight excluding hydrogens is 276 g/mol. The normalized spacial score (nSPS) is 17.2. The van der Waals surface area contributed by atoms with Gasteiger partial charge >= 0.3 is 0 Å². The molecule has 0 saturated carbocycles. The number of unbranched alkanes of at least 4 members (excludes halogenated alkanes) is 4. The van der Waals surface area contributed by atoms with Crippen LogP contribution in [0.3, 0.4) is 0 Å². The molecule has 3 nitrogen and oxygen atoms in total. The maximum absolute atomic E-state index is 12.4. The van der Waals surface area contributed by atoms with Crippen LogP contribution in [0.1, 0.15) is 77.6 Å². The average Bonchev–Trinajstić information content (AvgIpc) is 2.55. The van der Waals surface area contributed by atoms with Crippen LogP contribution in [0.15, 0.2) is 23.3 Å². The smallest absolute Gasteiger partial charge is 0.181 e. The topological polar surface area (TPSA) is 57.5 Å². The van der Waals surface area contributed by atoms with Crippen LogP contribution in [0.25, 0.3) is 0 Å². The van der Waals surface area contributed by atoms with E-state index in [0.29, 0.717) is 6.42 Å². The molecule has 22 heavy (non-hydrogen) atoms. The molecule has 0 heterocycles. The van der Waals surface area contributed by atoms with Gasteiger partial charge in [-0.25, -0.2) is 0 Å². The van der Waals surface area contributed by atoms with Crippen molar-refractivity contribution in [1.29, 1.82) is 0 Å².